The minimum Gasteiger partial charge on any atom is -0.393 e. The third-order valence-electron chi connectivity index (χ3n) is 6.92. The van der Waals surface area contributed by atoms with Crippen LogP contribution in [-0.2, 0) is 4.79 Å². The third-order valence-corrected chi connectivity index (χ3v) is 7.21. The van der Waals surface area contributed by atoms with Crippen molar-refractivity contribution in [2.45, 2.75) is 63.1 Å². The van der Waals surface area contributed by atoms with E-state index in [9.17, 15) is 18.7 Å². The summed E-state index contributed by atoms with van der Waals surface area (Å²) < 4.78 is 31.0. The largest absolute Gasteiger partial charge is 0.393 e. The lowest BCUT2D eigenvalue weighted by molar-refractivity contribution is -0.122. The van der Waals surface area contributed by atoms with Gasteiger partial charge < -0.3 is 21.5 Å². The van der Waals surface area contributed by atoms with E-state index in [-0.39, 0.29) is 41.0 Å². The number of carbonyl (C=O) groups is 1. The molecule has 186 valence electrons. The number of fused-ring (bicyclic) bond motifs is 1. The summed E-state index contributed by atoms with van der Waals surface area (Å²) in [5, 5.41) is 15.6. The fourth-order valence-corrected chi connectivity index (χ4v) is 5.20. The minimum atomic E-state index is -0.920. The van der Waals surface area contributed by atoms with Crippen molar-refractivity contribution in [3.63, 3.8) is 0 Å². The molecule has 1 amide bonds. The fourth-order valence-electron chi connectivity index (χ4n) is 5.04. The van der Waals surface area contributed by atoms with Gasteiger partial charge >= 0.3 is 0 Å². The van der Waals surface area contributed by atoms with E-state index in [1.165, 1.54) is 0 Å². The second-order valence-corrected chi connectivity index (χ2v) is 9.67. The summed E-state index contributed by atoms with van der Waals surface area (Å²) in [6.45, 7) is 0. The molecule has 0 spiro atoms. The Morgan fingerprint density at radius 1 is 1.14 bits per heavy atom. The average Bonchev–Trinajstić information content (AvgIpc) is 3.41. The Morgan fingerprint density at radius 2 is 1.91 bits per heavy atom. The van der Waals surface area contributed by atoms with Gasteiger partial charge in [0.05, 0.1) is 17.3 Å². The van der Waals surface area contributed by atoms with E-state index < -0.39 is 17.3 Å². The monoisotopic (exact) mass is 505 g/mol. The topological polar surface area (TPSA) is 131 Å². The number of hydrogen-bond donors (Lipinski definition) is 4. The number of carbonyl (C=O) groups excluding carboxylic acids is 1. The molecule has 2 heterocycles. The molecule has 0 aliphatic heterocycles. The number of anilines is 3. The average molecular weight is 506 g/mol. The lowest BCUT2D eigenvalue weighted by Gasteiger charge is -2.29. The van der Waals surface area contributed by atoms with Crippen LogP contribution in [0, 0.1) is 17.6 Å². The van der Waals surface area contributed by atoms with Gasteiger partial charge in [-0.25, -0.2) is 18.7 Å². The highest BCUT2D eigenvalue weighted by molar-refractivity contribution is 6.31. The van der Waals surface area contributed by atoms with Gasteiger partial charge in [-0.05, 0) is 57.1 Å². The molecule has 2 aliphatic carbocycles. The fraction of sp³-hybridized carbons (Fsp3) is 0.478. The van der Waals surface area contributed by atoms with Crippen LogP contribution in [0.15, 0.2) is 18.3 Å². The highest BCUT2D eigenvalue weighted by Crippen LogP contribution is 2.38. The van der Waals surface area contributed by atoms with Crippen molar-refractivity contribution >= 4 is 46.3 Å². The molecule has 2 saturated carbocycles. The molecule has 35 heavy (non-hydrogen) atoms. The maximum Gasteiger partial charge on any atom is 0.224 e. The van der Waals surface area contributed by atoms with Crippen LogP contribution >= 0.6 is 11.6 Å². The number of imidazole rings is 1. The molecule has 0 radical (unpaired) electrons. The first kappa shape index (κ1) is 23.7. The zero-order valence-corrected chi connectivity index (χ0v) is 19.6. The second kappa shape index (κ2) is 9.54. The molecule has 12 heteroatoms. The number of aromatic nitrogens is 4. The number of hydrogen-bond acceptors (Lipinski definition) is 7. The molecule has 2 aliphatic rings. The summed E-state index contributed by atoms with van der Waals surface area (Å²) >= 11 is 5.88. The Bertz CT molecular complexity index is 1260. The van der Waals surface area contributed by atoms with Crippen LogP contribution in [0.4, 0.5) is 26.4 Å². The molecule has 5 rings (SSSR count). The van der Waals surface area contributed by atoms with E-state index in [4.69, 9.17) is 17.3 Å². The quantitative estimate of drug-likeness (QED) is 0.372. The number of rotatable bonds is 6. The highest BCUT2D eigenvalue weighted by Gasteiger charge is 2.30. The van der Waals surface area contributed by atoms with Crippen molar-refractivity contribution in [1.82, 2.24) is 19.5 Å². The van der Waals surface area contributed by atoms with E-state index in [0.717, 1.165) is 18.6 Å². The molecule has 3 aromatic rings. The van der Waals surface area contributed by atoms with Crippen molar-refractivity contribution in [2.75, 3.05) is 10.6 Å². The number of nitrogens with two attached hydrogens (primary N) is 1. The van der Waals surface area contributed by atoms with Crippen molar-refractivity contribution in [1.29, 1.82) is 0 Å². The van der Waals surface area contributed by atoms with Gasteiger partial charge in [-0.2, -0.15) is 4.98 Å². The summed E-state index contributed by atoms with van der Waals surface area (Å²) in [4.78, 5) is 25.2. The number of nitrogens with zero attached hydrogens (tertiary/aromatic N) is 4. The number of benzene rings is 1. The zero-order valence-electron chi connectivity index (χ0n) is 18.8. The van der Waals surface area contributed by atoms with E-state index in [1.807, 2.05) is 4.57 Å². The summed E-state index contributed by atoms with van der Waals surface area (Å²) in [6, 6.07) is 2.16. The van der Waals surface area contributed by atoms with Gasteiger partial charge in [-0.15, -0.1) is 0 Å². The van der Waals surface area contributed by atoms with Gasteiger partial charge in [0.15, 0.2) is 11.5 Å². The Labute approximate surface area is 205 Å². The molecule has 2 fully saturated rings. The smallest absolute Gasteiger partial charge is 0.224 e. The van der Waals surface area contributed by atoms with Crippen LogP contribution < -0.4 is 16.4 Å². The van der Waals surface area contributed by atoms with E-state index in [0.29, 0.717) is 55.6 Å². The van der Waals surface area contributed by atoms with Crippen molar-refractivity contribution in [2.24, 2.45) is 11.7 Å². The molecule has 0 bridgehead atoms. The predicted molar refractivity (Wildman–Crippen MR) is 127 cm³/mol. The molecule has 0 unspecified atom stereocenters. The number of aliphatic hydroxyl groups excluding tert-OH is 1. The van der Waals surface area contributed by atoms with Crippen molar-refractivity contribution < 1.29 is 18.7 Å². The second-order valence-electron chi connectivity index (χ2n) is 9.27. The van der Waals surface area contributed by atoms with E-state index >= 15 is 0 Å². The van der Waals surface area contributed by atoms with Gasteiger partial charge in [0, 0.05) is 18.0 Å². The van der Waals surface area contributed by atoms with E-state index in [2.05, 4.69) is 25.6 Å². The summed E-state index contributed by atoms with van der Waals surface area (Å²) in [5.41, 5.74) is 6.03. The van der Waals surface area contributed by atoms with Crippen LogP contribution in [0.2, 0.25) is 5.02 Å². The normalized spacial score (nSPS) is 24.6. The highest BCUT2D eigenvalue weighted by atomic mass is 35.5. The molecular weight excluding hydrogens is 480 g/mol. The van der Waals surface area contributed by atoms with Gasteiger partial charge in [0.1, 0.15) is 17.0 Å². The van der Waals surface area contributed by atoms with Gasteiger partial charge in [-0.1, -0.05) is 11.6 Å². The maximum atomic E-state index is 14.7. The van der Waals surface area contributed by atoms with Crippen LogP contribution in [-0.4, -0.2) is 42.7 Å². The van der Waals surface area contributed by atoms with Gasteiger partial charge in [0.2, 0.25) is 17.8 Å². The molecular formula is C23H26ClF2N7O2. The summed E-state index contributed by atoms with van der Waals surface area (Å²) in [7, 11) is 0. The lowest BCUT2D eigenvalue weighted by Crippen LogP contribution is -2.29. The number of nitrogens with one attached hydrogen (secondary N) is 2. The van der Waals surface area contributed by atoms with Crippen LogP contribution in [0.3, 0.4) is 0 Å². The maximum absolute atomic E-state index is 14.7. The number of aliphatic hydroxyl groups is 1. The van der Waals surface area contributed by atoms with Crippen molar-refractivity contribution in [3.05, 3.63) is 35.0 Å². The van der Waals surface area contributed by atoms with Gasteiger partial charge in [0.25, 0.3) is 0 Å². The standard InChI is InChI=1S/C23H26ClF2N7O2/c24-15-7-8-16(25)19(18(15)26)31-23-30-17-10-28-22(29-12-3-6-14(34)9-12)32-21(17)33(23)13-4-1-11(2-5-13)20(27)35/h7-8,10-14,34H,1-6,9H2,(H2,27,35)(H,30,31)(H,28,29,32)/t11-,12-,13+,14-/m1/s1. The molecule has 1 aromatic carbocycles. The summed E-state index contributed by atoms with van der Waals surface area (Å²) in [6.07, 6.45) is 5.76. The first-order chi connectivity index (χ1) is 16.8. The molecule has 0 saturated heterocycles. The number of amides is 1. The molecule has 2 aromatic heterocycles. The Morgan fingerprint density at radius 3 is 2.60 bits per heavy atom. The Hall–Kier alpha value is -3.05. The molecule has 2 atom stereocenters. The molecule has 9 nitrogen and oxygen atoms in total. The minimum absolute atomic E-state index is 0.0528. The first-order valence-electron chi connectivity index (χ1n) is 11.7. The van der Waals surface area contributed by atoms with Crippen molar-refractivity contribution in [3.8, 4) is 0 Å². The van der Waals surface area contributed by atoms with Crippen LogP contribution in [0.25, 0.3) is 11.2 Å². The van der Waals surface area contributed by atoms with E-state index in [1.54, 1.807) is 6.20 Å². The predicted octanol–water partition coefficient (Wildman–Crippen LogP) is 4.04. The lowest BCUT2D eigenvalue weighted by atomic mass is 9.85. The third kappa shape index (κ3) is 4.74. The molecule has 5 N–H and O–H groups in total. The zero-order chi connectivity index (χ0) is 24.7. The first-order valence-corrected chi connectivity index (χ1v) is 12.1. The number of halogens is 3. The Kier molecular flexibility index (Phi) is 6.45. The van der Waals surface area contributed by atoms with Crippen LogP contribution in [0.1, 0.15) is 51.0 Å². The van der Waals surface area contributed by atoms with Gasteiger partial charge in [-0.3, -0.25) is 9.36 Å². The summed E-state index contributed by atoms with van der Waals surface area (Å²) in [5.74, 6) is -1.68. The van der Waals surface area contributed by atoms with Crippen LogP contribution in [0.5, 0.6) is 0 Å². The number of primary amides is 1. The Balaban J connectivity index is 1.53. The SMILES string of the molecule is NC(=O)[C@H]1CC[C@@H](n2c(Nc3c(F)ccc(Cl)c3F)nc3cnc(N[C@@H]4CC[C@@H](O)C4)nc32)CC1.